The fourth-order valence-electron chi connectivity index (χ4n) is 3.53. The van der Waals surface area contributed by atoms with Gasteiger partial charge in [0.1, 0.15) is 6.04 Å². The minimum absolute atomic E-state index is 0.0745. The predicted octanol–water partition coefficient (Wildman–Crippen LogP) is 5.99. The molecule has 0 saturated heterocycles. The Morgan fingerprint density at radius 3 is 1.55 bits per heavy atom. The molecule has 0 aliphatic heterocycles. The van der Waals surface area contributed by atoms with Crippen LogP contribution in [0.25, 0.3) is 0 Å². The minimum atomic E-state index is -0.861. The summed E-state index contributed by atoms with van der Waals surface area (Å²) in [5.41, 5.74) is 5.70. The van der Waals surface area contributed by atoms with E-state index >= 15 is 0 Å². The number of ether oxygens (including phenoxy) is 2. The van der Waals surface area contributed by atoms with E-state index in [4.69, 9.17) is 10.5 Å². The molecular formula is C25H47NO5. The molecule has 1 atom stereocenters. The summed E-state index contributed by atoms with van der Waals surface area (Å²) in [7, 11) is 0. The Kier molecular flexibility index (Phi) is 20.8. The van der Waals surface area contributed by atoms with Gasteiger partial charge in [-0.3, -0.25) is 14.4 Å². The van der Waals surface area contributed by atoms with E-state index in [2.05, 4.69) is 11.7 Å². The van der Waals surface area contributed by atoms with Crippen LogP contribution in [-0.4, -0.2) is 30.6 Å². The van der Waals surface area contributed by atoms with Crippen molar-refractivity contribution in [1.82, 2.24) is 0 Å². The highest BCUT2D eigenvalue weighted by atomic mass is 16.6. The number of rotatable bonds is 21. The van der Waals surface area contributed by atoms with Gasteiger partial charge in [0, 0.05) is 13.3 Å². The third kappa shape index (κ3) is 21.6. The fourth-order valence-corrected chi connectivity index (χ4v) is 3.53. The first-order chi connectivity index (χ1) is 15.0. The lowest BCUT2D eigenvalue weighted by Crippen LogP contribution is -2.33. The van der Waals surface area contributed by atoms with E-state index in [1.54, 1.807) is 0 Å². The average molecular weight is 442 g/mol. The predicted molar refractivity (Wildman–Crippen MR) is 124 cm³/mol. The monoisotopic (exact) mass is 441 g/mol. The molecule has 0 heterocycles. The first-order valence-corrected chi connectivity index (χ1v) is 12.6. The molecule has 0 saturated carbocycles. The number of carbonyl (C=O) groups is 3. The number of carbonyl (C=O) groups excluding carboxylic acids is 3. The van der Waals surface area contributed by atoms with Crippen molar-refractivity contribution in [1.29, 1.82) is 0 Å². The van der Waals surface area contributed by atoms with Crippen LogP contribution in [-0.2, 0) is 23.9 Å². The maximum Gasteiger partial charge on any atom is 0.322 e. The second-order valence-electron chi connectivity index (χ2n) is 8.58. The quantitative estimate of drug-likeness (QED) is 0.134. The zero-order valence-corrected chi connectivity index (χ0v) is 20.1. The normalized spacial score (nSPS) is 11.8. The van der Waals surface area contributed by atoms with Gasteiger partial charge in [-0.15, -0.1) is 0 Å². The molecule has 0 spiro atoms. The number of hydrogen-bond acceptors (Lipinski definition) is 6. The average Bonchev–Trinajstić information content (AvgIpc) is 2.73. The van der Waals surface area contributed by atoms with Crippen molar-refractivity contribution in [2.75, 3.05) is 6.61 Å². The van der Waals surface area contributed by atoms with Gasteiger partial charge in [-0.2, -0.15) is 0 Å². The van der Waals surface area contributed by atoms with Crippen molar-refractivity contribution in [3.05, 3.63) is 0 Å². The highest BCUT2D eigenvalue weighted by Crippen LogP contribution is 2.13. The SMILES string of the molecule is CCCCCCCCCCCCCCCCCCOC(=O)[C@@H](N)CCC(=O)OC(C)=O. The highest BCUT2D eigenvalue weighted by Gasteiger charge is 2.17. The lowest BCUT2D eigenvalue weighted by molar-refractivity contribution is -0.158. The Bertz CT molecular complexity index is 467. The van der Waals surface area contributed by atoms with Crippen molar-refractivity contribution in [2.24, 2.45) is 5.73 Å². The Morgan fingerprint density at radius 2 is 1.13 bits per heavy atom. The van der Waals surface area contributed by atoms with Gasteiger partial charge in [0.2, 0.25) is 0 Å². The molecule has 0 aliphatic carbocycles. The van der Waals surface area contributed by atoms with E-state index in [1.165, 1.54) is 83.5 Å². The Balaban J connectivity index is 3.34. The smallest absolute Gasteiger partial charge is 0.322 e. The summed E-state index contributed by atoms with van der Waals surface area (Å²) in [5.74, 6) is -1.84. The van der Waals surface area contributed by atoms with Crippen molar-refractivity contribution < 1.29 is 23.9 Å². The standard InChI is InChI=1S/C25H47NO5/c1-3-4-5-6-7-8-9-10-11-12-13-14-15-16-17-18-21-30-25(29)23(26)19-20-24(28)31-22(2)27/h23H,3-21,26H2,1-2H3/t23-/m0/s1. The molecule has 0 aromatic carbocycles. The summed E-state index contributed by atoms with van der Waals surface area (Å²) in [6.07, 6.45) is 20.8. The Labute approximate surface area is 190 Å². The number of esters is 3. The van der Waals surface area contributed by atoms with Crippen LogP contribution in [0.4, 0.5) is 0 Å². The highest BCUT2D eigenvalue weighted by molar-refractivity contribution is 5.84. The molecule has 0 bridgehead atoms. The van der Waals surface area contributed by atoms with Crippen molar-refractivity contribution in [3.8, 4) is 0 Å². The fraction of sp³-hybridized carbons (Fsp3) is 0.880. The van der Waals surface area contributed by atoms with E-state index in [-0.39, 0.29) is 12.8 Å². The third-order valence-electron chi connectivity index (χ3n) is 5.46. The first-order valence-electron chi connectivity index (χ1n) is 12.6. The van der Waals surface area contributed by atoms with Crippen LogP contribution in [0.3, 0.4) is 0 Å². The molecule has 0 aromatic rings. The lowest BCUT2D eigenvalue weighted by atomic mass is 10.0. The second kappa shape index (κ2) is 21.8. The van der Waals surface area contributed by atoms with Gasteiger partial charge >= 0.3 is 17.9 Å². The van der Waals surface area contributed by atoms with E-state index in [9.17, 15) is 14.4 Å². The van der Waals surface area contributed by atoms with Crippen LogP contribution in [0, 0.1) is 0 Å². The minimum Gasteiger partial charge on any atom is -0.465 e. The van der Waals surface area contributed by atoms with Crippen LogP contribution in [0.5, 0.6) is 0 Å². The molecule has 0 rings (SSSR count). The second-order valence-corrected chi connectivity index (χ2v) is 8.58. The maximum atomic E-state index is 11.8. The maximum absolute atomic E-state index is 11.8. The lowest BCUT2D eigenvalue weighted by Gasteiger charge is -2.11. The Morgan fingerprint density at radius 1 is 0.710 bits per heavy atom. The molecular weight excluding hydrogens is 394 g/mol. The molecule has 0 aromatic heterocycles. The molecule has 0 aliphatic rings. The van der Waals surface area contributed by atoms with Crippen LogP contribution in [0.2, 0.25) is 0 Å². The molecule has 6 heteroatoms. The number of nitrogens with two attached hydrogens (primary N) is 1. The van der Waals surface area contributed by atoms with Gasteiger partial charge in [-0.25, -0.2) is 0 Å². The van der Waals surface area contributed by atoms with E-state index < -0.39 is 23.9 Å². The van der Waals surface area contributed by atoms with Gasteiger partial charge in [-0.1, -0.05) is 103 Å². The van der Waals surface area contributed by atoms with Gasteiger partial charge in [0.05, 0.1) is 6.61 Å². The van der Waals surface area contributed by atoms with Gasteiger partial charge < -0.3 is 15.2 Å². The van der Waals surface area contributed by atoms with E-state index in [1.807, 2.05) is 0 Å². The third-order valence-corrected chi connectivity index (χ3v) is 5.46. The van der Waals surface area contributed by atoms with Crippen molar-refractivity contribution in [2.45, 2.75) is 135 Å². The molecule has 0 radical (unpaired) electrons. The topological polar surface area (TPSA) is 95.7 Å². The van der Waals surface area contributed by atoms with Gasteiger partial charge in [0.25, 0.3) is 0 Å². The van der Waals surface area contributed by atoms with Gasteiger partial charge in [0.15, 0.2) is 0 Å². The van der Waals surface area contributed by atoms with Gasteiger partial charge in [-0.05, 0) is 12.8 Å². The summed E-state index contributed by atoms with van der Waals surface area (Å²) in [6.45, 7) is 3.78. The largest absolute Gasteiger partial charge is 0.465 e. The van der Waals surface area contributed by atoms with Crippen LogP contribution in [0.1, 0.15) is 129 Å². The summed E-state index contributed by atoms with van der Waals surface area (Å²) >= 11 is 0. The number of hydrogen-bond donors (Lipinski definition) is 1. The summed E-state index contributed by atoms with van der Waals surface area (Å²) in [4.78, 5) is 33.7. The van der Waals surface area contributed by atoms with Crippen molar-refractivity contribution in [3.63, 3.8) is 0 Å². The zero-order valence-electron chi connectivity index (χ0n) is 20.1. The Hall–Kier alpha value is -1.43. The van der Waals surface area contributed by atoms with Crippen molar-refractivity contribution >= 4 is 17.9 Å². The molecule has 0 unspecified atom stereocenters. The molecule has 6 nitrogen and oxygen atoms in total. The summed E-state index contributed by atoms with van der Waals surface area (Å²) in [5, 5.41) is 0. The zero-order chi connectivity index (χ0) is 23.2. The molecule has 0 amide bonds. The molecule has 0 fully saturated rings. The van der Waals surface area contributed by atoms with E-state index in [0.29, 0.717) is 6.61 Å². The van der Waals surface area contributed by atoms with Crippen LogP contribution in [0.15, 0.2) is 0 Å². The molecule has 2 N–H and O–H groups in total. The molecule has 31 heavy (non-hydrogen) atoms. The van der Waals surface area contributed by atoms with Crippen LogP contribution >= 0.6 is 0 Å². The van der Waals surface area contributed by atoms with Crippen LogP contribution < -0.4 is 5.73 Å². The van der Waals surface area contributed by atoms with E-state index in [0.717, 1.165) is 26.2 Å². The summed E-state index contributed by atoms with van der Waals surface area (Å²) in [6, 6.07) is -0.861. The summed E-state index contributed by atoms with van der Waals surface area (Å²) < 4.78 is 9.55. The number of unbranched alkanes of at least 4 members (excludes halogenated alkanes) is 15. The molecule has 182 valence electrons. The first kappa shape index (κ1) is 29.6.